The zero-order chi connectivity index (χ0) is 34.3. The van der Waals surface area contributed by atoms with E-state index in [0.29, 0.717) is 44.1 Å². The highest BCUT2D eigenvalue weighted by Gasteiger charge is 2.31. The molecule has 0 aromatic heterocycles. The molecule has 0 spiro atoms. The number of benzene rings is 1. The van der Waals surface area contributed by atoms with Gasteiger partial charge in [0.1, 0.15) is 5.60 Å². The fourth-order valence-corrected chi connectivity index (χ4v) is 5.63. The van der Waals surface area contributed by atoms with Crippen molar-refractivity contribution >= 4 is 12.0 Å². The Balaban J connectivity index is 2.11. The summed E-state index contributed by atoms with van der Waals surface area (Å²) in [5, 5.41) is 27.1. The molecule has 0 bridgehead atoms. The van der Waals surface area contributed by atoms with E-state index in [-0.39, 0.29) is 30.3 Å². The number of amides is 2. The Morgan fingerprint density at radius 1 is 1.04 bits per heavy atom. The Hall–Kier alpha value is -2.60. The normalized spacial score (nSPS) is 17.2. The summed E-state index contributed by atoms with van der Waals surface area (Å²) in [6.45, 7) is 15.4. The number of carbonyl (C=O) groups excluding carboxylic acids is 2. The van der Waals surface area contributed by atoms with Crippen LogP contribution in [0.2, 0.25) is 0 Å². The monoisotopic (exact) mass is 651 g/mol. The molecule has 264 valence electrons. The van der Waals surface area contributed by atoms with Crippen LogP contribution in [0, 0.1) is 17.8 Å². The van der Waals surface area contributed by atoms with Gasteiger partial charge in [-0.05, 0) is 82.4 Å². The van der Waals surface area contributed by atoms with Crippen LogP contribution in [-0.2, 0) is 20.7 Å². The molecule has 1 saturated heterocycles. The number of hydrogen-bond acceptors (Lipinski definition) is 9. The van der Waals surface area contributed by atoms with Crippen LogP contribution in [-0.4, -0.2) is 105 Å². The second-order valence-corrected chi connectivity index (χ2v) is 13.9. The predicted molar refractivity (Wildman–Crippen MR) is 179 cm³/mol. The Morgan fingerprint density at radius 2 is 1.74 bits per heavy atom. The van der Waals surface area contributed by atoms with Crippen molar-refractivity contribution in [1.29, 1.82) is 0 Å². The number of aliphatic hydroxyl groups is 2. The van der Waals surface area contributed by atoms with E-state index in [4.69, 9.17) is 18.9 Å². The average Bonchev–Trinajstić information content (AvgIpc) is 2.98. The van der Waals surface area contributed by atoms with Crippen molar-refractivity contribution in [3.63, 3.8) is 0 Å². The van der Waals surface area contributed by atoms with Crippen molar-refractivity contribution in [1.82, 2.24) is 15.5 Å². The third-order valence-corrected chi connectivity index (χ3v) is 8.47. The summed E-state index contributed by atoms with van der Waals surface area (Å²) in [5.41, 5.74) is 0.363. The Morgan fingerprint density at radius 3 is 2.35 bits per heavy atom. The van der Waals surface area contributed by atoms with Gasteiger partial charge in [-0.2, -0.15) is 0 Å². The maximum absolute atomic E-state index is 13.0. The van der Waals surface area contributed by atoms with Gasteiger partial charge in [0.25, 0.3) is 0 Å². The number of piperidine rings is 1. The van der Waals surface area contributed by atoms with Crippen LogP contribution in [0.4, 0.5) is 4.79 Å². The summed E-state index contributed by atoms with van der Waals surface area (Å²) in [5.74, 6) is 1.06. The third-order valence-electron chi connectivity index (χ3n) is 8.47. The standard InChI is InChI=1S/C35H61N3O8/c1-24(2)27(21-26-10-11-31(44-8)32(22-26)45-19-9-18-43-7)23-29(37-34(42)46-35(4,5)6)30(40)20-25(3)33(41)36-14-17-38-15-12-28(39)13-16-38/h10-11,22,24-25,27-30,39-40H,9,12-21,23H2,1-8H3,(H,36,41)(H,37,42)/t25-,27+,29+,30+/m1/s1. The van der Waals surface area contributed by atoms with E-state index in [0.717, 1.165) is 44.5 Å². The first-order chi connectivity index (χ1) is 21.7. The minimum atomic E-state index is -0.964. The molecule has 46 heavy (non-hydrogen) atoms. The molecule has 1 aromatic carbocycles. The van der Waals surface area contributed by atoms with Crippen molar-refractivity contribution in [3.8, 4) is 11.5 Å². The van der Waals surface area contributed by atoms with Crippen molar-refractivity contribution in [2.45, 2.75) is 104 Å². The minimum absolute atomic E-state index is 0.0940. The first-order valence-corrected chi connectivity index (χ1v) is 16.9. The van der Waals surface area contributed by atoms with E-state index in [2.05, 4.69) is 29.4 Å². The van der Waals surface area contributed by atoms with Gasteiger partial charge in [0.15, 0.2) is 11.5 Å². The summed E-state index contributed by atoms with van der Waals surface area (Å²) in [4.78, 5) is 28.1. The number of nitrogens with zero attached hydrogens (tertiary/aromatic N) is 1. The molecule has 1 heterocycles. The van der Waals surface area contributed by atoms with Gasteiger partial charge < -0.3 is 44.7 Å². The highest BCUT2D eigenvalue weighted by molar-refractivity contribution is 5.78. The highest BCUT2D eigenvalue weighted by Crippen LogP contribution is 2.32. The highest BCUT2D eigenvalue weighted by atomic mass is 16.6. The number of nitrogens with one attached hydrogen (secondary N) is 2. The first-order valence-electron chi connectivity index (χ1n) is 16.9. The van der Waals surface area contributed by atoms with Crippen LogP contribution in [0.1, 0.15) is 79.2 Å². The van der Waals surface area contributed by atoms with Crippen molar-refractivity contribution in [2.75, 3.05) is 53.6 Å². The predicted octanol–water partition coefficient (Wildman–Crippen LogP) is 4.17. The van der Waals surface area contributed by atoms with Crippen molar-refractivity contribution < 1.29 is 38.7 Å². The van der Waals surface area contributed by atoms with Crippen molar-refractivity contribution in [3.05, 3.63) is 23.8 Å². The maximum atomic E-state index is 13.0. The summed E-state index contributed by atoms with van der Waals surface area (Å²) in [6.07, 6.45) is 1.84. The summed E-state index contributed by atoms with van der Waals surface area (Å²) < 4.78 is 22.2. The van der Waals surface area contributed by atoms with Gasteiger partial charge in [0, 0.05) is 52.2 Å². The van der Waals surface area contributed by atoms with Crippen LogP contribution >= 0.6 is 0 Å². The van der Waals surface area contributed by atoms with Gasteiger partial charge in [0.05, 0.1) is 32.0 Å². The lowest BCUT2D eigenvalue weighted by Crippen LogP contribution is -2.48. The number of ether oxygens (including phenoxy) is 4. The number of aliphatic hydroxyl groups excluding tert-OH is 2. The molecule has 2 amide bonds. The number of carbonyl (C=O) groups is 2. The number of likely N-dealkylation sites (tertiary alicyclic amines) is 1. The fraction of sp³-hybridized carbons (Fsp3) is 0.771. The van der Waals surface area contributed by atoms with Gasteiger partial charge >= 0.3 is 6.09 Å². The molecule has 0 saturated carbocycles. The van der Waals surface area contributed by atoms with E-state index in [1.165, 1.54) is 0 Å². The van der Waals surface area contributed by atoms with E-state index >= 15 is 0 Å². The lowest BCUT2D eigenvalue weighted by Gasteiger charge is -2.32. The van der Waals surface area contributed by atoms with E-state index in [1.54, 1.807) is 41.9 Å². The van der Waals surface area contributed by atoms with Crippen LogP contribution in [0.25, 0.3) is 0 Å². The number of rotatable bonds is 19. The van der Waals surface area contributed by atoms with E-state index in [9.17, 15) is 19.8 Å². The quantitative estimate of drug-likeness (QED) is 0.162. The molecule has 1 aromatic rings. The third kappa shape index (κ3) is 14.9. The Kier molecular flexibility index (Phi) is 17.1. The smallest absolute Gasteiger partial charge is 0.407 e. The summed E-state index contributed by atoms with van der Waals surface area (Å²) in [6, 6.07) is 5.28. The van der Waals surface area contributed by atoms with Gasteiger partial charge in [-0.1, -0.05) is 26.8 Å². The van der Waals surface area contributed by atoms with Crippen LogP contribution in [0.15, 0.2) is 18.2 Å². The molecule has 1 aliphatic heterocycles. The summed E-state index contributed by atoms with van der Waals surface area (Å²) in [7, 11) is 3.28. The molecule has 4 N–H and O–H groups in total. The molecule has 0 radical (unpaired) electrons. The van der Waals surface area contributed by atoms with Gasteiger partial charge in [-0.3, -0.25) is 4.79 Å². The lowest BCUT2D eigenvalue weighted by atomic mass is 9.82. The number of hydrogen-bond donors (Lipinski definition) is 4. The van der Waals surface area contributed by atoms with Gasteiger partial charge in [-0.15, -0.1) is 0 Å². The molecule has 11 heteroatoms. The second kappa shape index (κ2) is 19.9. The second-order valence-electron chi connectivity index (χ2n) is 13.9. The molecule has 11 nitrogen and oxygen atoms in total. The van der Waals surface area contributed by atoms with Crippen LogP contribution < -0.4 is 20.1 Å². The molecule has 1 fully saturated rings. The first kappa shape index (κ1) is 39.6. The number of methoxy groups -OCH3 is 2. The van der Waals surface area contributed by atoms with E-state index < -0.39 is 29.8 Å². The molecular formula is C35H61N3O8. The largest absolute Gasteiger partial charge is 0.493 e. The molecule has 0 unspecified atom stereocenters. The van der Waals surface area contributed by atoms with Gasteiger partial charge in [-0.25, -0.2) is 4.79 Å². The number of alkyl carbamates (subject to hydrolysis) is 1. The zero-order valence-electron chi connectivity index (χ0n) is 29.5. The lowest BCUT2D eigenvalue weighted by molar-refractivity contribution is -0.125. The maximum Gasteiger partial charge on any atom is 0.407 e. The molecule has 2 rings (SSSR count). The summed E-state index contributed by atoms with van der Waals surface area (Å²) >= 11 is 0. The van der Waals surface area contributed by atoms with Crippen LogP contribution in [0.3, 0.4) is 0 Å². The fourth-order valence-electron chi connectivity index (χ4n) is 5.63. The molecule has 4 atom stereocenters. The van der Waals surface area contributed by atoms with Gasteiger partial charge in [0.2, 0.25) is 5.91 Å². The van der Waals surface area contributed by atoms with E-state index in [1.807, 2.05) is 18.2 Å². The minimum Gasteiger partial charge on any atom is -0.493 e. The SMILES string of the molecule is COCCCOc1cc(C[C@@H](C[C@H](NC(=O)OC(C)(C)C)[C@@H](O)C[C@@H](C)C(=O)NCCN2CCC(O)CC2)C(C)C)ccc1OC. The van der Waals surface area contributed by atoms with Crippen LogP contribution in [0.5, 0.6) is 11.5 Å². The molecular weight excluding hydrogens is 590 g/mol. The molecule has 1 aliphatic rings. The average molecular weight is 652 g/mol. The zero-order valence-corrected chi connectivity index (χ0v) is 29.5. The topological polar surface area (TPSA) is 139 Å². The van der Waals surface area contributed by atoms with Crippen molar-refractivity contribution in [2.24, 2.45) is 17.8 Å². The Bertz CT molecular complexity index is 1040. The Labute approximate surface area is 276 Å². The molecule has 0 aliphatic carbocycles.